The molecule has 1 N–H and O–H groups in total. The normalized spacial score (nSPS) is 14.2. The Labute approximate surface area is 155 Å². The van der Waals surface area contributed by atoms with Crippen molar-refractivity contribution in [3.05, 3.63) is 28.8 Å². The molecular formula is C13H10F10O5S. The van der Waals surface area contributed by atoms with E-state index in [1.165, 1.54) is 6.92 Å². The quantitative estimate of drug-likeness (QED) is 0.450. The SMILES string of the molecule is CCc1cc(F)c(C)c(OC(F)(F)C(F)(F)OC(F)(F)C(F)(F)S(=O)(=O)O)c1F. The minimum Gasteiger partial charge on any atom is -0.422 e. The van der Waals surface area contributed by atoms with Gasteiger partial charge in [-0.1, -0.05) is 6.92 Å². The van der Waals surface area contributed by atoms with Crippen LogP contribution in [0.4, 0.5) is 43.9 Å². The Morgan fingerprint density at radius 1 is 0.966 bits per heavy atom. The van der Waals surface area contributed by atoms with E-state index in [1.54, 1.807) is 0 Å². The van der Waals surface area contributed by atoms with Crippen LogP contribution in [-0.2, 0) is 21.3 Å². The lowest BCUT2D eigenvalue weighted by atomic mass is 10.1. The van der Waals surface area contributed by atoms with Gasteiger partial charge < -0.3 is 4.74 Å². The fourth-order valence-corrected chi connectivity index (χ4v) is 2.08. The van der Waals surface area contributed by atoms with Gasteiger partial charge >= 0.3 is 33.7 Å². The van der Waals surface area contributed by atoms with Gasteiger partial charge in [-0.05, 0) is 25.0 Å². The highest BCUT2D eigenvalue weighted by Gasteiger charge is 2.75. The molecule has 0 aliphatic rings. The van der Waals surface area contributed by atoms with Gasteiger partial charge in [0.25, 0.3) is 0 Å². The van der Waals surface area contributed by atoms with E-state index in [9.17, 15) is 52.3 Å². The van der Waals surface area contributed by atoms with E-state index in [1.807, 2.05) is 4.74 Å². The summed E-state index contributed by atoms with van der Waals surface area (Å²) in [7, 11) is -7.10. The zero-order valence-corrected chi connectivity index (χ0v) is 14.9. The zero-order valence-electron chi connectivity index (χ0n) is 14.1. The van der Waals surface area contributed by atoms with Crippen molar-refractivity contribution in [1.29, 1.82) is 0 Å². The average molecular weight is 468 g/mol. The molecule has 0 saturated heterocycles. The average Bonchev–Trinajstić information content (AvgIpc) is 2.52. The number of alkyl halides is 8. The van der Waals surface area contributed by atoms with Gasteiger partial charge in [-0.3, -0.25) is 4.55 Å². The van der Waals surface area contributed by atoms with Gasteiger partial charge in [0.15, 0.2) is 11.6 Å². The Kier molecular flexibility index (Phi) is 6.49. The summed E-state index contributed by atoms with van der Waals surface area (Å²) in [6.45, 7) is 1.79. The van der Waals surface area contributed by atoms with Crippen LogP contribution in [0.2, 0.25) is 0 Å². The molecule has 0 heterocycles. The number of halogens is 10. The molecule has 0 aliphatic heterocycles. The van der Waals surface area contributed by atoms with Crippen LogP contribution in [0, 0.1) is 18.6 Å². The Balaban J connectivity index is 3.38. The molecule has 5 nitrogen and oxygen atoms in total. The molecule has 29 heavy (non-hydrogen) atoms. The molecular weight excluding hydrogens is 458 g/mol. The predicted molar refractivity (Wildman–Crippen MR) is 73.5 cm³/mol. The van der Waals surface area contributed by atoms with E-state index in [0.29, 0.717) is 13.0 Å². The molecule has 1 rings (SSSR count). The third kappa shape index (κ3) is 4.53. The highest BCUT2D eigenvalue weighted by molar-refractivity contribution is 7.86. The monoisotopic (exact) mass is 468 g/mol. The number of benzene rings is 1. The van der Waals surface area contributed by atoms with Gasteiger partial charge in [0.1, 0.15) is 5.82 Å². The molecule has 0 aromatic heterocycles. The summed E-state index contributed by atoms with van der Waals surface area (Å²) in [6, 6.07) is 0.505. The maximum atomic E-state index is 14.0. The lowest BCUT2D eigenvalue weighted by Crippen LogP contribution is -2.57. The third-order valence-corrected chi connectivity index (χ3v) is 4.24. The highest BCUT2D eigenvalue weighted by Crippen LogP contribution is 2.47. The predicted octanol–water partition coefficient (Wildman–Crippen LogP) is 4.49. The summed E-state index contributed by atoms with van der Waals surface area (Å²) in [5, 5.41) is -6.78. The van der Waals surface area contributed by atoms with Gasteiger partial charge in [0, 0.05) is 5.56 Å². The molecule has 1 aromatic carbocycles. The summed E-state index contributed by atoms with van der Waals surface area (Å²) in [4.78, 5) is 0. The Morgan fingerprint density at radius 3 is 1.86 bits per heavy atom. The molecule has 0 bridgehead atoms. The van der Waals surface area contributed by atoms with Crippen molar-refractivity contribution in [2.24, 2.45) is 0 Å². The van der Waals surface area contributed by atoms with E-state index >= 15 is 0 Å². The lowest BCUT2D eigenvalue weighted by Gasteiger charge is -2.31. The van der Waals surface area contributed by atoms with Gasteiger partial charge in [0.05, 0.1) is 0 Å². The minimum atomic E-state index is -7.10. The van der Waals surface area contributed by atoms with Crippen molar-refractivity contribution >= 4 is 10.1 Å². The van der Waals surface area contributed by atoms with Crippen molar-refractivity contribution in [2.45, 2.75) is 43.8 Å². The summed E-state index contributed by atoms with van der Waals surface area (Å²) >= 11 is 0. The first-order valence-electron chi connectivity index (χ1n) is 7.06. The van der Waals surface area contributed by atoms with Crippen LogP contribution >= 0.6 is 0 Å². The molecule has 1 aromatic rings. The largest absolute Gasteiger partial charge is 0.494 e. The molecule has 0 spiro atoms. The van der Waals surface area contributed by atoms with Crippen molar-refractivity contribution in [3.63, 3.8) is 0 Å². The van der Waals surface area contributed by atoms with E-state index in [0.717, 1.165) is 0 Å². The van der Waals surface area contributed by atoms with E-state index < -0.39 is 62.2 Å². The molecule has 0 amide bonds. The Hall–Kier alpha value is -1.81. The minimum absolute atomic E-state index is 0.351. The summed E-state index contributed by atoms with van der Waals surface area (Å²) < 4.78 is 167. The van der Waals surface area contributed by atoms with Crippen LogP contribution in [0.25, 0.3) is 0 Å². The van der Waals surface area contributed by atoms with Crippen molar-refractivity contribution < 1.29 is 66.3 Å². The number of aryl methyl sites for hydroxylation is 1. The topological polar surface area (TPSA) is 72.8 Å². The smallest absolute Gasteiger partial charge is 0.422 e. The van der Waals surface area contributed by atoms with Crippen molar-refractivity contribution in [2.75, 3.05) is 0 Å². The standard InChI is InChI=1S/C13H10F10O5S/c1-3-6-4-7(14)5(2)9(8(6)15)27-10(16,17)11(18,19)28-12(20,21)13(22,23)29(24,25)26/h4H,3H2,1-2H3,(H,24,25,26). The number of hydrogen-bond acceptors (Lipinski definition) is 4. The molecule has 0 atom stereocenters. The number of hydrogen-bond donors (Lipinski definition) is 1. The molecule has 16 heteroatoms. The maximum absolute atomic E-state index is 14.0. The van der Waals surface area contributed by atoms with Gasteiger partial charge in [0.2, 0.25) is 0 Å². The molecule has 0 fully saturated rings. The molecule has 0 radical (unpaired) electrons. The zero-order chi connectivity index (χ0) is 23.2. The van der Waals surface area contributed by atoms with Crippen molar-refractivity contribution in [1.82, 2.24) is 0 Å². The summed E-state index contributed by atoms with van der Waals surface area (Å²) in [6.07, 6.45) is -20.3. The molecule has 0 aliphatic carbocycles. The van der Waals surface area contributed by atoms with Crippen molar-refractivity contribution in [3.8, 4) is 5.75 Å². The van der Waals surface area contributed by atoms with Gasteiger partial charge in [-0.2, -0.15) is 43.5 Å². The Morgan fingerprint density at radius 2 is 1.45 bits per heavy atom. The second-order valence-electron chi connectivity index (χ2n) is 5.39. The summed E-state index contributed by atoms with van der Waals surface area (Å²) in [5.74, 6) is -5.06. The van der Waals surface area contributed by atoms with Gasteiger partial charge in [-0.25, -0.2) is 13.5 Å². The van der Waals surface area contributed by atoms with Crippen LogP contribution in [0.15, 0.2) is 6.07 Å². The highest BCUT2D eigenvalue weighted by atomic mass is 32.2. The van der Waals surface area contributed by atoms with Crippen LogP contribution in [0.1, 0.15) is 18.1 Å². The molecule has 0 saturated carbocycles. The van der Waals surface area contributed by atoms with Crippen LogP contribution in [0.5, 0.6) is 5.75 Å². The van der Waals surface area contributed by atoms with E-state index in [2.05, 4.69) is 4.74 Å². The van der Waals surface area contributed by atoms with E-state index in [-0.39, 0.29) is 6.42 Å². The van der Waals surface area contributed by atoms with Crippen LogP contribution in [0.3, 0.4) is 0 Å². The molecule has 0 unspecified atom stereocenters. The second-order valence-corrected chi connectivity index (χ2v) is 6.85. The fraction of sp³-hybridized carbons (Fsp3) is 0.538. The third-order valence-electron chi connectivity index (χ3n) is 3.35. The summed E-state index contributed by atoms with van der Waals surface area (Å²) in [5.41, 5.74) is -1.75. The van der Waals surface area contributed by atoms with Crippen LogP contribution < -0.4 is 4.74 Å². The first kappa shape index (κ1) is 25.2. The molecule has 168 valence electrons. The Bertz CT molecular complexity index is 884. The number of ether oxygens (including phenoxy) is 2. The lowest BCUT2D eigenvalue weighted by molar-refractivity contribution is -0.484. The maximum Gasteiger partial charge on any atom is 0.494 e. The fourth-order valence-electron chi connectivity index (χ4n) is 1.74. The first-order valence-corrected chi connectivity index (χ1v) is 8.50. The van der Waals surface area contributed by atoms with E-state index in [4.69, 9.17) is 4.55 Å². The van der Waals surface area contributed by atoms with Crippen LogP contribution in [-0.4, -0.2) is 36.6 Å². The second kappa shape index (κ2) is 7.46. The first-order chi connectivity index (χ1) is 12.7. The number of rotatable bonds is 8. The van der Waals surface area contributed by atoms with Gasteiger partial charge in [-0.15, -0.1) is 0 Å².